The molecule has 1 N–H and O–H groups in total. The molecule has 0 aromatic heterocycles. The summed E-state index contributed by atoms with van der Waals surface area (Å²) in [6.45, 7) is -0.168. The van der Waals surface area contributed by atoms with Crippen LogP contribution < -0.4 is 5.32 Å². The first kappa shape index (κ1) is 14.4. The maximum absolute atomic E-state index is 11.4. The zero-order valence-electron chi connectivity index (χ0n) is 10.6. The number of amides is 2. The second-order valence-corrected chi connectivity index (χ2v) is 4.19. The van der Waals surface area contributed by atoms with Crippen molar-refractivity contribution in [3.63, 3.8) is 0 Å². The van der Waals surface area contributed by atoms with Crippen LogP contribution in [0.2, 0.25) is 0 Å². The van der Waals surface area contributed by atoms with Gasteiger partial charge in [0, 0.05) is 12.1 Å². The summed E-state index contributed by atoms with van der Waals surface area (Å²) in [5, 5.41) is 12.5. The number of hydrogen-bond donors (Lipinski definition) is 1. The molecule has 9 heteroatoms. The fraction of sp³-hybridized carbons (Fsp3) is 0.250. The Morgan fingerprint density at radius 1 is 1.33 bits per heavy atom. The van der Waals surface area contributed by atoms with E-state index in [-0.39, 0.29) is 18.7 Å². The lowest BCUT2D eigenvalue weighted by molar-refractivity contribution is -0.384. The number of carbonyl (C=O) groups excluding carboxylic acids is 3. The summed E-state index contributed by atoms with van der Waals surface area (Å²) in [5.41, 5.74) is 0.437. The number of nitrogens with one attached hydrogen (secondary N) is 1. The van der Waals surface area contributed by atoms with Crippen LogP contribution in [0, 0.1) is 10.1 Å². The molecule has 9 nitrogen and oxygen atoms in total. The van der Waals surface area contributed by atoms with E-state index in [1.165, 1.54) is 24.3 Å². The highest BCUT2D eigenvalue weighted by Gasteiger charge is 2.34. The van der Waals surface area contributed by atoms with Gasteiger partial charge in [0.25, 0.3) is 11.6 Å². The lowest BCUT2D eigenvalue weighted by Gasteiger charge is -2.09. The highest BCUT2D eigenvalue weighted by atomic mass is 16.7. The highest BCUT2D eigenvalue weighted by molar-refractivity contribution is 6.05. The van der Waals surface area contributed by atoms with E-state index in [4.69, 9.17) is 4.74 Å². The van der Waals surface area contributed by atoms with Crippen LogP contribution in [-0.4, -0.2) is 29.0 Å². The van der Waals surface area contributed by atoms with Gasteiger partial charge in [-0.3, -0.25) is 25.0 Å². The zero-order valence-corrected chi connectivity index (χ0v) is 10.6. The van der Waals surface area contributed by atoms with Crippen LogP contribution >= 0.6 is 0 Å². The molecule has 1 atom stereocenters. The van der Waals surface area contributed by atoms with Gasteiger partial charge < -0.3 is 9.47 Å². The fourth-order valence-corrected chi connectivity index (χ4v) is 1.63. The number of rotatable bonds is 4. The van der Waals surface area contributed by atoms with Gasteiger partial charge in [0.1, 0.15) is 6.61 Å². The third-order valence-electron chi connectivity index (χ3n) is 2.67. The van der Waals surface area contributed by atoms with Crippen LogP contribution in [0.1, 0.15) is 12.0 Å². The summed E-state index contributed by atoms with van der Waals surface area (Å²) < 4.78 is 9.43. The normalized spacial score (nSPS) is 17.2. The monoisotopic (exact) mass is 294 g/mol. The van der Waals surface area contributed by atoms with Crippen molar-refractivity contribution in [1.29, 1.82) is 0 Å². The molecule has 2 amide bonds. The Balaban J connectivity index is 1.82. The third-order valence-corrected chi connectivity index (χ3v) is 2.67. The molecule has 1 aliphatic rings. The molecule has 1 fully saturated rings. The first-order valence-electron chi connectivity index (χ1n) is 5.86. The lowest BCUT2D eigenvalue weighted by atomic mass is 10.2. The van der Waals surface area contributed by atoms with E-state index in [0.29, 0.717) is 5.56 Å². The number of hydrogen-bond acceptors (Lipinski definition) is 7. The van der Waals surface area contributed by atoms with Crippen LogP contribution in [0.3, 0.4) is 0 Å². The molecule has 1 aliphatic heterocycles. The van der Waals surface area contributed by atoms with Crippen molar-refractivity contribution < 1.29 is 28.8 Å². The molecule has 1 unspecified atom stereocenters. The summed E-state index contributed by atoms with van der Waals surface area (Å²) in [4.78, 5) is 43.3. The summed E-state index contributed by atoms with van der Waals surface area (Å²) in [5.74, 6) is -1.21. The van der Waals surface area contributed by atoms with Gasteiger partial charge in [-0.15, -0.1) is 0 Å². The molecule has 110 valence electrons. The van der Waals surface area contributed by atoms with E-state index in [9.17, 15) is 24.5 Å². The molecule has 1 heterocycles. The minimum Gasteiger partial charge on any atom is -0.429 e. The van der Waals surface area contributed by atoms with Crippen LogP contribution in [0.15, 0.2) is 24.3 Å². The number of non-ortho nitro benzene ring substituents is 1. The van der Waals surface area contributed by atoms with Crippen molar-refractivity contribution in [3.8, 4) is 0 Å². The minimum absolute atomic E-state index is 0.0811. The molecule has 0 aliphatic carbocycles. The molecule has 1 aromatic rings. The minimum atomic E-state index is -1.18. The average Bonchev–Trinajstić information content (AvgIpc) is 2.75. The number of imide groups is 1. The van der Waals surface area contributed by atoms with Crippen LogP contribution in [-0.2, 0) is 25.7 Å². The van der Waals surface area contributed by atoms with Crippen LogP contribution in [0.4, 0.5) is 10.5 Å². The Bertz CT molecular complexity index is 596. The van der Waals surface area contributed by atoms with Gasteiger partial charge in [0.05, 0.1) is 11.3 Å². The Hall–Kier alpha value is -2.97. The van der Waals surface area contributed by atoms with Gasteiger partial charge in [-0.05, 0) is 17.7 Å². The molecule has 1 saturated heterocycles. The van der Waals surface area contributed by atoms with Crippen molar-refractivity contribution in [2.75, 3.05) is 0 Å². The first-order chi connectivity index (χ1) is 9.95. The topological polar surface area (TPSA) is 125 Å². The second kappa shape index (κ2) is 5.99. The number of nitrogens with zero attached hydrogens (tertiary/aromatic N) is 1. The lowest BCUT2D eigenvalue weighted by Crippen LogP contribution is -2.28. The molecule has 0 saturated carbocycles. The fourth-order valence-electron chi connectivity index (χ4n) is 1.63. The maximum atomic E-state index is 11.4. The van der Waals surface area contributed by atoms with Crippen LogP contribution in [0.25, 0.3) is 0 Å². The van der Waals surface area contributed by atoms with E-state index in [1.54, 1.807) is 0 Å². The van der Waals surface area contributed by atoms with Crippen molar-refractivity contribution in [2.45, 2.75) is 19.1 Å². The Morgan fingerprint density at radius 2 is 2.00 bits per heavy atom. The van der Waals surface area contributed by atoms with Gasteiger partial charge in [0.2, 0.25) is 5.91 Å². The summed E-state index contributed by atoms with van der Waals surface area (Å²) in [6.07, 6.45) is -2.50. The molecule has 1 aromatic carbocycles. The Morgan fingerprint density at radius 3 is 2.52 bits per heavy atom. The van der Waals surface area contributed by atoms with Gasteiger partial charge in [-0.2, -0.15) is 0 Å². The summed E-state index contributed by atoms with van der Waals surface area (Å²) >= 11 is 0. The average molecular weight is 294 g/mol. The number of benzene rings is 1. The van der Waals surface area contributed by atoms with Gasteiger partial charge in [-0.1, -0.05) is 0 Å². The third kappa shape index (κ3) is 3.75. The summed E-state index contributed by atoms with van der Waals surface area (Å²) in [7, 11) is 0. The van der Waals surface area contributed by atoms with Gasteiger partial charge >= 0.3 is 6.16 Å². The largest absolute Gasteiger partial charge is 0.509 e. The standard InChI is InChI=1S/C12H10N2O7/c15-10-5-9(11(16)13-10)21-12(17)20-6-7-1-3-8(4-2-7)14(18)19/h1-4,9H,5-6H2,(H,13,15,16). The molecular weight excluding hydrogens is 284 g/mol. The predicted octanol–water partition coefficient (Wildman–Crippen LogP) is 0.663. The SMILES string of the molecule is O=C1CC(OC(=O)OCc2ccc([N+](=O)[O-])cc2)C(=O)N1. The molecule has 21 heavy (non-hydrogen) atoms. The van der Waals surface area contributed by atoms with Crippen LogP contribution in [0.5, 0.6) is 0 Å². The number of nitro benzene ring substituents is 1. The second-order valence-electron chi connectivity index (χ2n) is 4.19. The van der Waals surface area contributed by atoms with Crippen molar-refractivity contribution >= 4 is 23.7 Å². The smallest absolute Gasteiger partial charge is 0.429 e. The zero-order chi connectivity index (χ0) is 15.4. The van der Waals surface area contributed by atoms with E-state index in [0.717, 1.165) is 0 Å². The molecule has 2 rings (SSSR count). The highest BCUT2D eigenvalue weighted by Crippen LogP contribution is 2.13. The Labute approximate surface area is 118 Å². The molecule has 0 spiro atoms. The number of ether oxygens (including phenoxy) is 2. The van der Waals surface area contributed by atoms with E-state index in [2.05, 4.69) is 4.74 Å². The van der Waals surface area contributed by atoms with E-state index in [1.807, 2.05) is 5.32 Å². The first-order valence-corrected chi connectivity index (χ1v) is 5.86. The molecule has 0 radical (unpaired) electrons. The molecule has 0 bridgehead atoms. The van der Waals surface area contributed by atoms with Crippen molar-refractivity contribution in [1.82, 2.24) is 5.32 Å². The number of carbonyl (C=O) groups is 3. The Kier molecular flexibility index (Phi) is 4.12. The maximum Gasteiger partial charge on any atom is 0.509 e. The number of nitro groups is 1. The van der Waals surface area contributed by atoms with E-state index >= 15 is 0 Å². The summed E-state index contributed by atoms with van der Waals surface area (Å²) in [6, 6.07) is 5.40. The quantitative estimate of drug-likeness (QED) is 0.374. The predicted molar refractivity (Wildman–Crippen MR) is 65.9 cm³/mol. The van der Waals surface area contributed by atoms with Gasteiger partial charge in [0.15, 0.2) is 6.10 Å². The van der Waals surface area contributed by atoms with E-state index < -0.39 is 29.0 Å². The van der Waals surface area contributed by atoms with Gasteiger partial charge in [-0.25, -0.2) is 4.79 Å². The van der Waals surface area contributed by atoms with Crippen molar-refractivity contribution in [3.05, 3.63) is 39.9 Å². The van der Waals surface area contributed by atoms with Crippen molar-refractivity contribution in [2.24, 2.45) is 0 Å². The molecular formula is C12H10N2O7.